The topological polar surface area (TPSA) is 119 Å². The van der Waals surface area contributed by atoms with Gasteiger partial charge in [0.25, 0.3) is 0 Å². The molecule has 0 aromatic carbocycles. The lowest BCUT2D eigenvalue weighted by atomic mass is 10.5. The number of aromatic nitrogens is 3. The molecule has 0 aliphatic carbocycles. The Morgan fingerprint density at radius 2 is 1.59 bits per heavy atom. The van der Waals surface area contributed by atoms with Crippen LogP contribution in [0.4, 0.5) is 17.8 Å². The Balaban J connectivity index is 3.11. The maximum Gasteiger partial charge on any atom is 0.233 e. The lowest BCUT2D eigenvalue weighted by Crippen LogP contribution is -2.27. The number of nitriles is 2. The Morgan fingerprint density at radius 1 is 1.06 bits per heavy atom. The molecular weight excluding hydrogens is 220 g/mol. The van der Waals surface area contributed by atoms with E-state index in [1.807, 2.05) is 12.1 Å². The van der Waals surface area contributed by atoms with Gasteiger partial charge in [-0.05, 0) is 0 Å². The fraction of sp³-hybridized carbons (Fsp3) is 0.444. The molecule has 0 aliphatic heterocycles. The third-order valence-corrected chi connectivity index (χ3v) is 1.84. The smallest absolute Gasteiger partial charge is 0.233 e. The summed E-state index contributed by atoms with van der Waals surface area (Å²) in [6.07, 6.45) is 0. The van der Waals surface area contributed by atoms with Crippen LogP contribution in [0.3, 0.4) is 0 Å². The fourth-order valence-electron chi connectivity index (χ4n) is 1.08. The zero-order valence-corrected chi connectivity index (χ0v) is 9.62. The molecule has 8 nitrogen and oxygen atoms in total. The van der Waals surface area contributed by atoms with Crippen LogP contribution in [0.15, 0.2) is 0 Å². The third kappa shape index (κ3) is 3.18. The highest BCUT2D eigenvalue weighted by Gasteiger charge is 2.12. The van der Waals surface area contributed by atoms with Gasteiger partial charge < -0.3 is 15.5 Å². The molecule has 1 heterocycles. The predicted molar refractivity (Wildman–Crippen MR) is 62.0 cm³/mol. The Kier molecular flexibility index (Phi) is 4.01. The van der Waals surface area contributed by atoms with Crippen molar-refractivity contribution >= 4 is 17.8 Å². The summed E-state index contributed by atoms with van der Waals surface area (Å²) < 4.78 is 0. The van der Waals surface area contributed by atoms with E-state index < -0.39 is 0 Å². The zero-order valence-electron chi connectivity index (χ0n) is 9.62. The van der Waals surface area contributed by atoms with Crippen molar-refractivity contribution in [2.75, 3.05) is 42.7 Å². The van der Waals surface area contributed by atoms with Crippen molar-refractivity contribution < 1.29 is 0 Å². The predicted octanol–water partition coefficient (Wildman–Crippen LogP) is -0.627. The van der Waals surface area contributed by atoms with E-state index in [1.165, 1.54) is 4.90 Å². The van der Waals surface area contributed by atoms with Gasteiger partial charge >= 0.3 is 0 Å². The molecule has 0 radical (unpaired) electrons. The molecule has 8 heteroatoms. The molecule has 0 unspecified atom stereocenters. The van der Waals surface area contributed by atoms with Crippen LogP contribution >= 0.6 is 0 Å². The highest BCUT2D eigenvalue weighted by molar-refractivity contribution is 5.43. The van der Waals surface area contributed by atoms with Gasteiger partial charge in [-0.25, -0.2) is 0 Å². The molecule has 1 aromatic heterocycles. The quantitative estimate of drug-likeness (QED) is 0.681. The first-order valence-corrected chi connectivity index (χ1v) is 4.76. The molecule has 0 spiro atoms. The molecular formula is C9H12N8. The monoisotopic (exact) mass is 232 g/mol. The zero-order chi connectivity index (χ0) is 12.8. The van der Waals surface area contributed by atoms with Crippen molar-refractivity contribution in [3.05, 3.63) is 0 Å². The summed E-state index contributed by atoms with van der Waals surface area (Å²) in [6.45, 7) is 0.0355. The van der Waals surface area contributed by atoms with Crippen molar-refractivity contribution in [2.24, 2.45) is 0 Å². The second kappa shape index (κ2) is 5.47. The molecule has 0 aliphatic rings. The average Bonchev–Trinajstić information content (AvgIpc) is 2.28. The van der Waals surface area contributed by atoms with Crippen molar-refractivity contribution in [1.29, 1.82) is 10.5 Å². The van der Waals surface area contributed by atoms with Gasteiger partial charge in [0.2, 0.25) is 17.8 Å². The Labute approximate surface area is 98.9 Å². The summed E-state index contributed by atoms with van der Waals surface area (Å²) in [6, 6.07) is 3.88. The maximum absolute atomic E-state index is 8.66. The van der Waals surface area contributed by atoms with Crippen LogP contribution in [0.5, 0.6) is 0 Å². The minimum atomic E-state index is 0.0177. The van der Waals surface area contributed by atoms with Gasteiger partial charge in [-0.15, -0.1) is 0 Å². The summed E-state index contributed by atoms with van der Waals surface area (Å²) in [5.74, 6) is 0.664. The highest BCUT2D eigenvalue weighted by Crippen LogP contribution is 2.12. The number of anilines is 3. The first-order chi connectivity index (χ1) is 8.08. The van der Waals surface area contributed by atoms with Gasteiger partial charge in [0.15, 0.2) is 0 Å². The van der Waals surface area contributed by atoms with E-state index in [4.69, 9.17) is 16.3 Å². The molecule has 88 valence electrons. The molecule has 0 atom stereocenters. The fourth-order valence-corrected chi connectivity index (χ4v) is 1.08. The van der Waals surface area contributed by atoms with Crippen LogP contribution in [-0.2, 0) is 0 Å². The van der Waals surface area contributed by atoms with Gasteiger partial charge in [-0.2, -0.15) is 25.5 Å². The largest absolute Gasteiger partial charge is 0.368 e. The standard InChI is InChI=1S/C9H12N8/c1-16(2)8-13-7(12)14-9(15-8)17(5-3-10)6-4-11/h5-6H2,1-2H3,(H2,12,13,14,15). The summed E-state index contributed by atoms with van der Waals surface area (Å²) in [4.78, 5) is 15.0. The van der Waals surface area contributed by atoms with Crippen molar-refractivity contribution in [2.45, 2.75) is 0 Å². The third-order valence-electron chi connectivity index (χ3n) is 1.84. The minimum Gasteiger partial charge on any atom is -0.368 e. The Morgan fingerprint density at radius 3 is 2.06 bits per heavy atom. The highest BCUT2D eigenvalue weighted by atomic mass is 15.3. The van der Waals surface area contributed by atoms with Crippen LogP contribution in [0.2, 0.25) is 0 Å². The molecule has 0 saturated carbocycles. The molecule has 0 saturated heterocycles. The number of hydrogen-bond acceptors (Lipinski definition) is 8. The molecule has 0 fully saturated rings. The summed E-state index contributed by atoms with van der Waals surface area (Å²) in [5.41, 5.74) is 5.55. The maximum atomic E-state index is 8.66. The van der Waals surface area contributed by atoms with Crippen LogP contribution in [-0.4, -0.2) is 42.1 Å². The second-order valence-corrected chi connectivity index (χ2v) is 3.36. The second-order valence-electron chi connectivity index (χ2n) is 3.36. The molecule has 17 heavy (non-hydrogen) atoms. The van der Waals surface area contributed by atoms with E-state index in [-0.39, 0.29) is 25.0 Å². The lowest BCUT2D eigenvalue weighted by molar-refractivity contribution is 0.868. The van der Waals surface area contributed by atoms with Crippen LogP contribution in [0, 0.1) is 22.7 Å². The SMILES string of the molecule is CN(C)c1nc(N)nc(N(CC#N)CC#N)n1. The summed E-state index contributed by atoms with van der Waals surface area (Å²) in [5, 5.41) is 17.3. The Bertz CT molecular complexity index is 453. The van der Waals surface area contributed by atoms with Gasteiger partial charge in [-0.1, -0.05) is 0 Å². The van der Waals surface area contributed by atoms with Crippen LogP contribution in [0.25, 0.3) is 0 Å². The van der Waals surface area contributed by atoms with E-state index >= 15 is 0 Å². The van der Waals surface area contributed by atoms with Crippen molar-refractivity contribution in [3.8, 4) is 12.1 Å². The molecule has 0 amide bonds. The van der Waals surface area contributed by atoms with E-state index in [0.717, 1.165) is 0 Å². The van der Waals surface area contributed by atoms with E-state index in [1.54, 1.807) is 19.0 Å². The molecule has 1 aromatic rings. The van der Waals surface area contributed by atoms with Gasteiger partial charge in [0.1, 0.15) is 13.1 Å². The number of rotatable bonds is 4. The number of nitrogen functional groups attached to an aromatic ring is 1. The average molecular weight is 232 g/mol. The number of nitrogens with two attached hydrogens (primary N) is 1. The lowest BCUT2D eigenvalue weighted by Gasteiger charge is -2.18. The normalized spacial score (nSPS) is 9.18. The number of nitrogens with zero attached hydrogens (tertiary/aromatic N) is 7. The van der Waals surface area contributed by atoms with Crippen molar-refractivity contribution in [1.82, 2.24) is 15.0 Å². The first-order valence-electron chi connectivity index (χ1n) is 4.76. The van der Waals surface area contributed by atoms with Gasteiger partial charge in [0.05, 0.1) is 12.1 Å². The minimum absolute atomic E-state index is 0.0177. The van der Waals surface area contributed by atoms with Crippen LogP contribution < -0.4 is 15.5 Å². The van der Waals surface area contributed by atoms with Crippen LogP contribution in [0.1, 0.15) is 0 Å². The van der Waals surface area contributed by atoms with E-state index in [2.05, 4.69) is 15.0 Å². The van der Waals surface area contributed by atoms with E-state index in [9.17, 15) is 0 Å². The van der Waals surface area contributed by atoms with Gasteiger partial charge in [-0.3, -0.25) is 0 Å². The Hall–Kier alpha value is -2.61. The molecule has 1 rings (SSSR count). The first kappa shape index (κ1) is 12.5. The van der Waals surface area contributed by atoms with Gasteiger partial charge in [0, 0.05) is 14.1 Å². The number of hydrogen-bond donors (Lipinski definition) is 1. The molecule has 2 N–H and O–H groups in total. The molecule has 0 bridgehead atoms. The van der Waals surface area contributed by atoms with E-state index in [0.29, 0.717) is 5.95 Å². The summed E-state index contributed by atoms with van der Waals surface area (Å²) in [7, 11) is 3.52. The van der Waals surface area contributed by atoms with Crippen molar-refractivity contribution in [3.63, 3.8) is 0 Å². The summed E-state index contributed by atoms with van der Waals surface area (Å²) >= 11 is 0.